The van der Waals surface area contributed by atoms with E-state index in [0.717, 1.165) is 25.3 Å². The second-order valence-electron chi connectivity index (χ2n) is 8.87. The van der Waals surface area contributed by atoms with Crippen molar-refractivity contribution in [3.8, 4) is 5.75 Å². The van der Waals surface area contributed by atoms with Crippen LogP contribution in [-0.4, -0.2) is 66.7 Å². The molecule has 0 unspecified atom stereocenters. The number of carbonyl (C=O) groups excluding carboxylic acids is 2. The molecule has 1 N–H and O–H groups in total. The number of likely N-dealkylation sites (tertiary alicyclic amines) is 1. The van der Waals surface area contributed by atoms with E-state index in [0.29, 0.717) is 38.2 Å². The van der Waals surface area contributed by atoms with Gasteiger partial charge in [0, 0.05) is 32.4 Å². The molecule has 1 fully saturated rings. The first kappa shape index (κ1) is 23.0. The summed E-state index contributed by atoms with van der Waals surface area (Å²) in [5.41, 5.74) is 2.50. The summed E-state index contributed by atoms with van der Waals surface area (Å²) in [6, 6.07) is 9.57. The van der Waals surface area contributed by atoms with Crippen molar-refractivity contribution in [1.29, 1.82) is 0 Å². The van der Waals surface area contributed by atoms with Gasteiger partial charge in [0.25, 0.3) is 0 Å². The van der Waals surface area contributed by atoms with Crippen LogP contribution in [0.25, 0.3) is 0 Å². The van der Waals surface area contributed by atoms with Gasteiger partial charge in [-0.3, -0.25) is 9.78 Å². The lowest BCUT2D eigenvalue weighted by molar-refractivity contribution is -0.160. The maximum Gasteiger partial charge on any atom is 0.321 e. The lowest BCUT2D eigenvalue weighted by Crippen LogP contribution is -2.50. The van der Waals surface area contributed by atoms with Gasteiger partial charge in [0.15, 0.2) is 0 Å². The lowest BCUT2D eigenvalue weighted by atomic mass is 9.79. The molecule has 2 amide bonds. The molecule has 2 aliphatic heterocycles. The quantitative estimate of drug-likeness (QED) is 0.677. The van der Waals surface area contributed by atoms with Gasteiger partial charge in [0.05, 0.1) is 18.5 Å². The summed E-state index contributed by atoms with van der Waals surface area (Å²) in [5.74, 6) is 0.513. The van der Waals surface area contributed by atoms with Gasteiger partial charge in [-0.05, 0) is 68.6 Å². The molecule has 1 aromatic carbocycles. The first-order chi connectivity index (χ1) is 16.0. The molecule has 8 nitrogen and oxygen atoms in total. The summed E-state index contributed by atoms with van der Waals surface area (Å²) in [5, 5.41) is 2.86. The van der Waals surface area contributed by atoms with E-state index in [-0.39, 0.29) is 18.6 Å². The topological polar surface area (TPSA) is 84.0 Å². The number of anilines is 1. The van der Waals surface area contributed by atoms with Gasteiger partial charge in [0.2, 0.25) is 0 Å². The van der Waals surface area contributed by atoms with Crippen LogP contribution >= 0.6 is 0 Å². The minimum absolute atomic E-state index is 0.194. The Kier molecular flexibility index (Phi) is 7.13. The van der Waals surface area contributed by atoms with Crippen LogP contribution in [0.1, 0.15) is 30.9 Å². The first-order valence-corrected chi connectivity index (χ1v) is 11.6. The summed E-state index contributed by atoms with van der Waals surface area (Å²) >= 11 is 0. The number of hydrogen-bond acceptors (Lipinski definition) is 6. The van der Waals surface area contributed by atoms with Crippen molar-refractivity contribution < 1.29 is 19.1 Å². The van der Waals surface area contributed by atoms with E-state index in [1.54, 1.807) is 29.4 Å². The zero-order valence-electron chi connectivity index (χ0n) is 19.4. The Bertz CT molecular complexity index is 974. The third kappa shape index (κ3) is 5.45. The Balaban J connectivity index is 1.41. The molecule has 0 aliphatic carbocycles. The van der Waals surface area contributed by atoms with Crippen molar-refractivity contribution in [1.82, 2.24) is 14.8 Å². The number of fused-ring (bicyclic) bond motifs is 1. The third-order valence-electron chi connectivity index (χ3n) is 6.52. The summed E-state index contributed by atoms with van der Waals surface area (Å²) in [6.45, 7) is 5.21. The highest BCUT2D eigenvalue weighted by Crippen LogP contribution is 2.35. The van der Waals surface area contributed by atoms with Crippen LogP contribution in [0.4, 0.5) is 10.5 Å². The average Bonchev–Trinajstić information content (AvgIpc) is 2.83. The number of likely N-dealkylation sites (N-methyl/N-ethyl adjacent to an activating group) is 1. The molecule has 3 heterocycles. The number of amides is 2. The van der Waals surface area contributed by atoms with Crippen molar-refractivity contribution in [2.24, 2.45) is 5.41 Å². The number of carbonyl (C=O) groups is 2. The maximum atomic E-state index is 12.9. The Hall–Kier alpha value is -3.13. The van der Waals surface area contributed by atoms with E-state index in [4.69, 9.17) is 9.47 Å². The maximum absolute atomic E-state index is 12.9. The lowest BCUT2D eigenvalue weighted by Gasteiger charge is -2.39. The number of urea groups is 1. The van der Waals surface area contributed by atoms with Gasteiger partial charge in [-0.15, -0.1) is 0 Å². The van der Waals surface area contributed by atoms with Gasteiger partial charge in [-0.2, -0.15) is 0 Å². The van der Waals surface area contributed by atoms with Gasteiger partial charge in [-0.1, -0.05) is 6.07 Å². The predicted molar refractivity (Wildman–Crippen MR) is 125 cm³/mol. The normalized spacial score (nSPS) is 17.7. The number of benzene rings is 1. The minimum atomic E-state index is -0.770. The van der Waals surface area contributed by atoms with Crippen molar-refractivity contribution in [3.05, 3.63) is 53.9 Å². The number of rotatable bonds is 6. The van der Waals surface area contributed by atoms with Gasteiger partial charge in [-0.25, -0.2) is 4.79 Å². The van der Waals surface area contributed by atoms with Crippen LogP contribution in [0.2, 0.25) is 0 Å². The molecule has 2 aromatic rings. The number of ether oxygens (including phenoxy) is 2. The van der Waals surface area contributed by atoms with E-state index < -0.39 is 5.41 Å². The fourth-order valence-corrected chi connectivity index (χ4v) is 4.45. The molecule has 0 atom stereocenters. The van der Waals surface area contributed by atoms with Gasteiger partial charge < -0.3 is 24.6 Å². The molecule has 0 spiro atoms. The van der Waals surface area contributed by atoms with E-state index in [1.165, 1.54) is 11.1 Å². The highest BCUT2D eigenvalue weighted by molar-refractivity contribution is 5.89. The summed E-state index contributed by atoms with van der Waals surface area (Å²) in [6.07, 6.45) is 5.27. The molecule has 4 rings (SSSR count). The number of piperidine rings is 1. The highest BCUT2D eigenvalue weighted by atomic mass is 16.5. The molecule has 8 heteroatoms. The number of aromatic nitrogens is 1. The second-order valence-corrected chi connectivity index (χ2v) is 8.87. The monoisotopic (exact) mass is 452 g/mol. The van der Waals surface area contributed by atoms with Crippen LogP contribution in [-0.2, 0) is 22.5 Å². The highest BCUT2D eigenvalue weighted by Gasteiger charge is 2.44. The average molecular weight is 453 g/mol. The largest absolute Gasteiger partial charge is 0.492 e. The van der Waals surface area contributed by atoms with Crippen LogP contribution in [0.3, 0.4) is 0 Å². The standard InChI is InChI=1S/C25H32N4O4/c1-3-32-23(30)25(18-33-22-7-6-19-8-12-28(2)17-20(19)15-22)9-13-29(14-10-25)24(31)27-21-5-4-11-26-16-21/h4-7,11,15-16H,3,8-10,12-14,17-18H2,1-2H3,(H,27,31). The fraction of sp³-hybridized carbons (Fsp3) is 0.480. The molecular weight excluding hydrogens is 420 g/mol. The molecule has 1 saturated heterocycles. The van der Waals surface area contributed by atoms with Crippen LogP contribution in [0, 0.1) is 5.41 Å². The van der Waals surface area contributed by atoms with Crippen molar-refractivity contribution in [2.45, 2.75) is 32.7 Å². The van der Waals surface area contributed by atoms with Gasteiger partial charge in [0.1, 0.15) is 17.8 Å². The number of nitrogens with one attached hydrogen (secondary N) is 1. The fourth-order valence-electron chi connectivity index (χ4n) is 4.45. The van der Waals surface area contributed by atoms with Crippen LogP contribution in [0.15, 0.2) is 42.7 Å². The SMILES string of the molecule is CCOC(=O)C1(COc2ccc3c(c2)CN(C)CC3)CCN(C(=O)Nc2cccnc2)CC1. The van der Waals surface area contributed by atoms with Gasteiger partial charge >= 0.3 is 12.0 Å². The number of esters is 1. The van der Waals surface area contributed by atoms with Crippen LogP contribution in [0.5, 0.6) is 5.75 Å². The molecule has 0 saturated carbocycles. The number of hydrogen-bond donors (Lipinski definition) is 1. The Labute approximate surface area is 194 Å². The second kappa shape index (κ2) is 10.2. The zero-order chi connectivity index (χ0) is 23.3. The van der Waals surface area contributed by atoms with Crippen molar-refractivity contribution in [2.75, 3.05) is 45.2 Å². The molecule has 1 aromatic heterocycles. The van der Waals surface area contributed by atoms with E-state index in [2.05, 4.69) is 34.4 Å². The van der Waals surface area contributed by atoms with Crippen LogP contribution < -0.4 is 10.1 Å². The number of pyridine rings is 1. The Morgan fingerprint density at radius 1 is 1.15 bits per heavy atom. The van der Waals surface area contributed by atoms with E-state index >= 15 is 0 Å². The summed E-state index contributed by atoms with van der Waals surface area (Å²) < 4.78 is 11.6. The molecule has 176 valence electrons. The molecule has 33 heavy (non-hydrogen) atoms. The number of nitrogens with zero attached hydrogens (tertiary/aromatic N) is 3. The smallest absolute Gasteiger partial charge is 0.321 e. The zero-order valence-corrected chi connectivity index (χ0v) is 19.4. The molecular formula is C25H32N4O4. The first-order valence-electron chi connectivity index (χ1n) is 11.6. The molecule has 0 bridgehead atoms. The Morgan fingerprint density at radius 3 is 2.70 bits per heavy atom. The minimum Gasteiger partial charge on any atom is -0.492 e. The molecule has 2 aliphatic rings. The molecule has 0 radical (unpaired) electrons. The van der Waals surface area contributed by atoms with E-state index in [9.17, 15) is 9.59 Å². The van der Waals surface area contributed by atoms with E-state index in [1.807, 2.05) is 13.0 Å². The third-order valence-corrected chi connectivity index (χ3v) is 6.52. The van der Waals surface area contributed by atoms with Crippen molar-refractivity contribution >= 4 is 17.7 Å². The van der Waals surface area contributed by atoms with Crippen molar-refractivity contribution in [3.63, 3.8) is 0 Å². The summed E-state index contributed by atoms with van der Waals surface area (Å²) in [4.78, 5) is 33.6. The Morgan fingerprint density at radius 2 is 1.97 bits per heavy atom. The predicted octanol–water partition coefficient (Wildman–Crippen LogP) is 3.33. The summed E-state index contributed by atoms with van der Waals surface area (Å²) in [7, 11) is 2.12.